The highest BCUT2D eigenvalue weighted by atomic mass is 35.5. The maximum Gasteiger partial charge on any atom is 0.120 e. The monoisotopic (exact) mass is 248 g/mol. The van der Waals surface area contributed by atoms with Crippen molar-refractivity contribution in [3.63, 3.8) is 0 Å². The van der Waals surface area contributed by atoms with E-state index in [1.165, 1.54) is 0 Å². The Labute approximate surface area is 99.8 Å². The molecule has 0 amide bonds. The number of aliphatic hydroxyl groups is 1. The first-order chi connectivity index (χ1) is 6.94. The summed E-state index contributed by atoms with van der Waals surface area (Å²) in [7, 11) is 0. The summed E-state index contributed by atoms with van der Waals surface area (Å²) in [5.41, 5.74) is -0.258. The fourth-order valence-electron chi connectivity index (χ4n) is 0.891. The minimum absolute atomic E-state index is 0.0777. The van der Waals surface area contributed by atoms with Crippen molar-refractivity contribution in [2.45, 2.75) is 13.8 Å². The van der Waals surface area contributed by atoms with Crippen molar-refractivity contribution in [1.29, 1.82) is 0 Å². The molecule has 0 spiro atoms. The summed E-state index contributed by atoms with van der Waals surface area (Å²) < 4.78 is 5.49. The molecule has 84 valence electrons. The summed E-state index contributed by atoms with van der Waals surface area (Å²) in [6, 6.07) is 5.10. The van der Waals surface area contributed by atoms with E-state index in [1.807, 2.05) is 13.8 Å². The standard InChI is InChI=1S/C11H14Cl2O2/c1-11(2,6-14)7-15-8-3-4-9(12)10(13)5-8/h3-5,14H,6-7H2,1-2H3. The molecule has 0 atom stereocenters. The summed E-state index contributed by atoms with van der Waals surface area (Å²) in [5.74, 6) is 0.658. The van der Waals surface area contributed by atoms with Crippen LogP contribution in [0.5, 0.6) is 5.75 Å². The Hall–Kier alpha value is -0.440. The molecule has 15 heavy (non-hydrogen) atoms. The van der Waals surface area contributed by atoms with Gasteiger partial charge in [-0.2, -0.15) is 0 Å². The van der Waals surface area contributed by atoms with Crippen molar-refractivity contribution in [1.82, 2.24) is 0 Å². The molecule has 0 bridgehead atoms. The van der Waals surface area contributed by atoms with Crippen LogP contribution in [-0.4, -0.2) is 18.3 Å². The summed E-state index contributed by atoms with van der Waals surface area (Å²) in [5, 5.41) is 10.0. The number of aliphatic hydroxyl groups excluding tert-OH is 1. The van der Waals surface area contributed by atoms with Crippen LogP contribution in [0.25, 0.3) is 0 Å². The highest BCUT2D eigenvalue weighted by Crippen LogP contribution is 2.27. The van der Waals surface area contributed by atoms with Gasteiger partial charge >= 0.3 is 0 Å². The number of rotatable bonds is 4. The minimum atomic E-state index is -0.258. The molecule has 0 saturated heterocycles. The normalized spacial score (nSPS) is 11.5. The molecule has 4 heteroatoms. The summed E-state index contributed by atoms with van der Waals surface area (Å²) in [6.07, 6.45) is 0. The topological polar surface area (TPSA) is 29.5 Å². The lowest BCUT2D eigenvalue weighted by molar-refractivity contribution is 0.0976. The SMILES string of the molecule is CC(C)(CO)COc1ccc(Cl)c(Cl)c1. The lowest BCUT2D eigenvalue weighted by atomic mass is 9.97. The first-order valence-corrected chi connectivity index (χ1v) is 5.39. The van der Waals surface area contributed by atoms with Gasteiger partial charge in [-0.05, 0) is 12.1 Å². The van der Waals surface area contributed by atoms with Crippen molar-refractivity contribution < 1.29 is 9.84 Å². The van der Waals surface area contributed by atoms with E-state index in [2.05, 4.69) is 0 Å². The van der Waals surface area contributed by atoms with E-state index in [-0.39, 0.29) is 12.0 Å². The van der Waals surface area contributed by atoms with Gasteiger partial charge in [0.1, 0.15) is 5.75 Å². The maximum absolute atomic E-state index is 9.04. The predicted molar refractivity (Wildman–Crippen MR) is 62.8 cm³/mol. The van der Waals surface area contributed by atoms with E-state index in [4.69, 9.17) is 33.0 Å². The van der Waals surface area contributed by atoms with Gasteiger partial charge in [-0.1, -0.05) is 37.0 Å². The molecule has 1 aromatic rings. The molecule has 0 radical (unpaired) electrons. The first-order valence-electron chi connectivity index (χ1n) is 4.63. The molecule has 0 fully saturated rings. The van der Waals surface area contributed by atoms with Gasteiger partial charge in [-0.15, -0.1) is 0 Å². The average Bonchev–Trinajstić information content (AvgIpc) is 2.20. The molecule has 1 N–H and O–H groups in total. The Bertz CT molecular complexity index is 337. The third-order valence-electron chi connectivity index (χ3n) is 1.95. The number of hydrogen-bond acceptors (Lipinski definition) is 2. The predicted octanol–water partition coefficient (Wildman–Crippen LogP) is 3.39. The van der Waals surface area contributed by atoms with Crippen molar-refractivity contribution in [3.05, 3.63) is 28.2 Å². The van der Waals surface area contributed by atoms with Gasteiger partial charge in [0.2, 0.25) is 0 Å². The van der Waals surface area contributed by atoms with Crippen LogP contribution in [0, 0.1) is 5.41 Å². The van der Waals surface area contributed by atoms with Gasteiger partial charge in [0, 0.05) is 11.5 Å². The quantitative estimate of drug-likeness (QED) is 0.886. The Balaban J connectivity index is 2.62. The van der Waals surface area contributed by atoms with Gasteiger partial charge in [-0.25, -0.2) is 0 Å². The Kier molecular flexibility index (Phi) is 4.26. The molecular formula is C11H14Cl2O2. The molecule has 0 aliphatic heterocycles. The highest BCUT2D eigenvalue weighted by molar-refractivity contribution is 6.42. The van der Waals surface area contributed by atoms with Crippen LogP contribution in [0.1, 0.15) is 13.8 Å². The lowest BCUT2D eigenvalue weighted by Crippen LogP contribution is -2.25. The van der Waals surface area contributed by atoms with Gasteiger partial charge in [0.25, 0.3) is 0 Å². The fraction of sp³-hybridized carbons (Fsp3) is 0.455. The number of hydrogen-bond donors (Lipinski definition) is 1. The zero-order chi connectivity index (χ0) is 11.5. The number of benzene rings is 1. The van der Waals surface area contributed by atoms with Crippen LogP contribution in [-0.2, 0) is 0 Å². The second-order valence-corrected chi connectivity index (χ2v) is 5.00. The molecule has 0 aliphatic carbocycles. The van der Waals surface area contributed by atoms with E-state index in [9.17, 15) is 0 Å². The second kappa shape index (κ2) is 5.06. The van der Waals surface area contributed by atoms with Crippen molar-refractivity contribution >= 4 is 23.2 Å². The third kappa shape index (κ3) is 3.90. The zero-order valence-corrected chi connectivity index (χ0v) is 10.3. The molecule has 1 rings (SSSR count). The van der Waals surface area contributed by atoms with Crippen molar-refractivity contribution in [2.75, 3.05) is 13.2 Å². The van der Waals surface area contributed by atoms with Gasteiger partial charge < -0.3 is 9.84 Å². The van der Waals surface area contributed by atoms with Crippen molar-refractivity contribution in [2.24, 2.45) is 5.41 Å². The van der Waals surface area contributed by atoms with Gasteiger partial charge in [0.15, 0.2) is 0 Å². The lowest BCUT2D eigenvalue weighted by Gasteiger charge is -2.21. The van der Waals surface area contributed by atoms with Gasteiger partial charge in [0.05, 0.1) is 23.3 Å². The smallest absolute Gasteiger partial charge is 0.120 e. The van der Waals surface area contributed by atoms with E-state index >= 15 is 0 Å². The molecule has 0 heterocycles. The van der Waals surface area contributed by atoms with E-state index in [0.29, 0.717) is 22.4 Å². The average molecular weight is 249 g/mol. The highest BCUT2D eigenvalue weighted by Gasteiger charge is 2.17. The van der Waals surface area contributed by atoms with Crippen LogP contribution in [0.4, 0.5) is 0 Å². The Morgan fingerprint density at radius 3 is 2.47 bits per heavy atom. The van der Waals surface area contributed by atoms with Crippen LogP contribution >= 0.6 is 23.2 Å². The minimum Gasteiger partial charge on any atom is -0.493 e. The summed E-state index contributed by atoms with van der Waals surface area (Å²) in [6.45, 7) is 4.35. The maximum atomic E-state index is 9.04. The van der Waals surface area contributed by atoms with E-state index < -0.39 is 0 Å². The first kappa shape index (κ1) is 12.6. The molecule has 0 aromatic heterocycles. The molecule has 0 saturated carbocycles. The van der Waals surface area contributed by atoms with Crippen molar-refractivity contribution in [3.8, 4) is 5.75 Å². The molecule has 2 nitrogen and oxygen atoms in total. The van der Waals surface area contributed by atoms with Crippen LogP contribution in [0.3, 0.4) is 0 Å². The van der Waals surface area contributed by atoms with E-state index in [0.717, 1.165) is 0 Å². The third-order valence-corrected chi connectivity index (χ3v) is 2.69. The fourth-order valence-corrected chi connectivity index (χ4v) is 1.18. The second-order valence-electron chi connectivity index (χ2n) is 4.19. The van der Waals surface area contributed by atoms with Crippen LogP contribution < -0.4 is 4.74 Å². The largest absolute Gasteiger partial charge is 0.493 e. The van der Waals surface area contributed by atoms with E-state index in [1.54, 1.807) is 18.2 Å². The summed E-state index contributed by atoms with van der Waals surface area (Å²) >= 11 is 11.6. The summed E-state index contributed by atoms with van der Waals surface area (Å²) in [4.78, 5) is 0. The van der Waals surface area contributed by atoms with Crippen LogP contribution in [0.15, 0.2) is 18.2 Å². The van der Waals surface area contributed by atoms with Crippen LogP contribution in [0.2, 0.25) is 10.0 Å². The Morgan fingerprint density at radius 2 is 1.93 bits per heavy atom. The molecular weight excluding hydrogens is 235 g/mol. The number of halogens is 2. The van der Waals surface area contributed by atoms with Gasteiger partial charge in [-0.3, -0.25) is 0 Å². The Morgan fingerprint density at radius 1 is 1.27 bits per heavy atom. The molecule has 0 aliphatic rings. The molecule has 1 aromatic carbocycles. The number of ether oxygens (including phenoxy) is 1. The zero-order valence-electron chi connectivity index (χ0n) is 8.76. The molecule has 0 unspecified atom stereocenters.